The molecule has 4 atom stereocenters. The van der Waals surface area contributed by atoms with Crippen molar-refractivity contribution < 1.29 is 14.3 Å². The quantitative estimate of drug-likeness (QED) is 0.633. The van der Waals surface area contributed by atoms with E-state index in [1.54, 1.807) is 32.3 Å². The summed E-state index contributed by atoms with van der Waals surface area (Å²) in [4.78, 5) is 20.9. The summed E-state index contributed by atoms with van der Waals surface area (Å²) >= 11 is 0. The van der Waals surface area contributed by atoms with Gasteiger partial charge in [-0.15, -0.1) is 5.92 Å². The number of halogens is 1. The van der Waals surface area contributed by atoms with Crippen molar-refractivity contribution in [1.82, 2.24) is 14.5 Å². The van der Waals surface area contributed by atoms with Crippen LogP contribution in [0.25, 0.3) is 0 Å². The number of aliphatic hydroxyl groups is 1. The lowest BCUT2D eigenvalue weighted by Gasteiger charge is -2.18. The molecule has 1 saturated carbocycles. The first-order valence-electron chi connectivity index (χ1n) is 8.50. The van der Waals surface area contributed by atoms with Gasteiger partial charge in [-0.3, -0.25) is 4.79 Å². The number of carbonyl (C=O) groups is 1. The fourth-order valence-corrected chi connectivity index (χ4v) is 3.15. The highest BCUT2D eigenvalue weighted by atomic mass is 19.1. The first kappa shape index (κ1) is 18.1. The van der Waals surface area contributed by atoms with Gasteiger partial charge in [-0.25, -0.2) is 14.4 Å². The molecule has 0 saturated heterocycles. The number of hydrogen-bond donors (Lipinski definition) is 2. The van der Waals surface area contributed by atoms with E-state index in [-0.39, 0.29) is 23.1 Å². The van der Waals surface area contributed by atoms with E-state index in [2.05, 4.69) is 27.1 Å². The van der Waals surface area contributed by atoms with Crippen LogP contribution in [0.3, 0.4) is 0 Å². The second kappa shape index (κ2) is 7.67. The zero-order valence-electron chi connectivity index (χ0n) is 14.7. The SMILES string of the molecule is CC#CCn1ccc(C(=O)c2cncnc2N[C@@H]2C[C@@H](C)[C@@H](O)[C@@H]2F)c1. The fraction of sp³-hybridized carbons (Fsp3) is 0.421. The number of nitrogens with one attached hydrogen (secondary N) is 1. The zero-order chi connectivity index (χ0) is 18.7. The molecule has 7 heteroatoms. The van der Waals surface area contributed by atoms with E-state index >= 15 is 0 Å². The molecule has 2 aromatic rings. The van der Waals surface area contributed by atoms with Crippen molar-refractivity contribution in [3.05, 3.63) is 42.1 Å². The Balaban J connectivity index is 1.81. The molecule has 0 aromatic carbocycles. The maximum absolute atomic E-state index is 14.2. The minimum absolute atomic E-state index is 0.155. The van der Waals surface area contributed by atoms with Gasteiger partial charge in [-0.1, -0.05) is 12.8 Å². The third kappa shape index (κ3) is 3.60. The van der Waals surface area contributed by atoms with E-state index in [4.69, 9.17) is 0 Å². The van der Waals surface area contributed by atoms with E-state index in [9.17, 15) is 14.3 Å². The maximum atomic E-state index is 14.2. The Labute approximate surface area is 151 Å². The standard InChI is InChI=1S/C19H21FN4O2/c1-3-4-6-24-7-5-13(10-24)18(26)14-9-21-11-22-19(14)23-15-8-12(2)17(25)16(15)20/h5,7,9-12,15-17,25H,6,8H2,1-2H3,(H,21,22,23)/t12-,15-,16-,17-/m1/s1. The number of nitrogens with zero attached hydrogens (tertiary/aromatic N) is 3. The van der Waals surface area contributed by atoms with Gasteiger partial charge in [0.1, 0.15) is 18.3 Å². The molecular weight excluding hydrogens is 335 g/mol. The van der Waals surface area contributed by atoms with Crippen molar-refractivity contribution in [1.29, 1.82) is 0 Å². The van der Waals surface area contributed by atoms with E-state index < -0.39 is 18.3 Å². The van der Waals surface area contributed by atoms with Crippen LogP contribution in [-0.4, -0.2) is 43.7 Å². The monoisotopic (exact) mass is 356 g/mol. The molecule has 0 unspecified atom stereocenters. The van der Waals surface area contributed by atoms with Crippen LogP contribution >= 0.6 is 0 Å². The number of alkyl halides is 1. The molecule has 1 aliphatic carbocycles. The Morgan fingerprint density at radius 3 is 3.04 bits per heavy atom. The van der Waals surface area contributed by atoms with Crippen LogP contribution < -0.4 is 5.32 Å². The van der Waals surface area contributed by atoms with Gasteiger partial charge in [0.2, 0.25) is 0 Å². The van der Waals surface area contributed by atoms with E-state index in [1.165, 1.54) is 12.5 Å². The molecule has 0 amide bonds. The third-order valence-corrected chi connectivity index (χ3v) is 4.65. The van der Waals surface area contributed by atoms with Crippen molar-refractivity contribution in [2.45, 2.75) is 45.1 Å². The maximum Gasteiger partial charge on any atom is 0.199 e. The number of anilines is 1. The van der Waals surface area contributed by atoms with Gasteiger partial charge in [0.15, 0.2) is 5.78 Å². The summed E-state index contributed by atoms with van der Waals surface area (Å²) in [6.07, 6.45) is 4.26. The lowest BCUT2D eigenvalue weighted by atomic mass is 10.1. The summed E-state index contributed by atoms with van der Waals surface area (Å²) in [5, 5.41) is 12.8. The molecule has 136 valence electrons. The van der Waals surface area contributed by atoms with Crippen molar-refractivity contribution >= 4 is 11.6 Å². The number of rotatable bonds is 5. The molecule has 0 spiro atoms. The van der Waals surface area contributed by atoms with Crippen LogP contribution in [0.2, 0.25) is 0 Å². The summed E-state index contributed by atoms with van der Waals surface area (Å²) in [6, 6.07) is 1.11. The molecule has 26 heavy (non-hydrogen) atoms. The molecule has 2 N–H and O–H groups in total. The van der Waals surface area contributed by atoms with Crippen LogP contribution in [-0.2, 0) is 6.54 Å². The second-order valence-electron chi connectivity index (χ2n) is 6.51. The van der Waals surface area contributed by atoms with Crippen LogP contribution in [0.5, 0.6) is 0 Å². The summed E-state index contributed by atoms with van der Waals surface area (Å²) in [6.45, 7) is 4.06. The second-order valence-corrected chi connectivity index (χ2v) is 6.51. The van der Waals surface area contributed by atoms with Crippen LogP contribution in [0, 0.1) is 17.8 Å². The summed E-state index contributed by atoms with van der Waals surface area (Å²) in [7, 11) is 0. The van der Waals surface area contributed by atoms with Gasteiger partial charge in [0, 0.05) is 24.2 Å². The van der Waals surface area contributed by atoms with Gasteiger partial charge in [0.25, 0.3) is 0 Å². The minimum atomic E-state index is -1.41. The summed E-state index contributed by atoms with van der Waals surface area (Å²) in [5.41, 5.74) is 0.755. The molecular formula is C19H21FN4O2. The number of aliphatic hydroxyl groups excluding tert-OH is 1. The predicted octanol–water partition coefficient (Wildman–Crippen LogP) is 2.05. The van der Waals surface area contributed by atoms with E-state index in [0.717, 1.165) is 0 Å². The average Bonchev–Trinajstić information content (AvgIpc) is 3.21. The molecule has 0 bridgehead atoms. The summed E-state index contributed by atoms with van der Waals surface area (Å²) < 4.78 is 16.1. The van der Waals surface area contributed by atoms with Crippen LogP contribution in [0.1, 0.15) is 36.2 Å². The van der Waals surface area contributed by atoms with Gasteiger partial charge in [-0.05, 0) is 25.3 Å². The van der Waals surface area contributed by atoms with Crippen molar-refractivity contribution in [2.75, 3.05) is 5.32 Å². The molecule has 0 aliphatic heterocycles. The van der Waals surface area contributed by atoms with Crippen LogP contribution in [0.15, 0.2) is 31.0 Å². The molecule has 2 aromatic heterocycles. The first-order chi connectivity index (χ1) is 12.5. The normalized spacial score (nSPS) is 24.8. The predicted molar refractivity (Wildman–Crippen MR) is 95.4 cm³/mol. The smallest absolute Gasteiger partial charge is 0.199 e. The van der Waals surface area contributed by atoms with Gasteiger partial charge < -0.3 is 15.0 Å². The van der Waals surface area contributed by atoms with Gasteiger partial charge in [-0.2, -0.15) is 0 Å². The topological polar surface area (TPSA) is 80.0 Å². The van der Waals surface area contributed by atoms with E-state index in [1.807, 2.05) is 4.57 Å². The lowest BCUT2D eigenvalue weighted by molar-refractivity contribution is 0.0725. The van der Waals surface area contributed by atoms with E-state index in [0.29, 0.717) is 18.5 Å². The van der Waals surface area contributed by atoms with Gasteiger partial charge >= 0.3 is 0 Å². The third-order valence-electron chi connectivity index (χ3n) is 4.65. The lowest BCUT2D eigenvalue weighted by Crippen LogP contribution is -2.32. The van der Waals surface area contributed by atoms with Crippen molar-refractivity contribution in [3.63, 3.8) is 0 Å². The van der Waals surface area contributed by atoms with Crippen molar-refractivity contribution in [2.24, 2.45) is 5.92 Å². The molecule has 0 radical (unpaired) electrons. The highest BCUT2D eigenvalue weighted by Crippen LogP contribution is 2.31. The largest absolute Gasteiger partial charge is 0.390 e. The molecule has 2 heterocycles. The molecule has 6 nitrogen and oxygen atoms in total. The Bertz CT molecular complexity index is 854. The average molecular weight is 356 g/mol. The zero-order valence-corrected chi connectivity index (χ0v) is 14.7. The molecule has 3 rings (SSSR count). The van der Waals surface area contributed by atoms with Crippen LogP contribution in [0.4, 0.5) is 10.2 Å². The van der Waals surface area contributed by atoms with Gasteiger partial charge in [0.05, 0.1) is 24.3 Å². The Morgan fingerprint density at radius 2 is 2.35 bits per heavy atom. The summed E-state index contributed by atoms with van der Waals surface area (Å²) in [5.74, 6) is 5.60. The first-order valence-corrected chi connectivity index (χ1v) is 8.50. The fourth-order valence-electron chi connectivity index (χ4n) is 3.15. The van der Waals surface area contributed by atoms with Crippen molar-refractivity contribution in [3.8, 4) is 11.8 Å². The number of ketones is 1. The highest BCUT2D eigenvalue weighted by Gasteiger charge is 2.41. The Kier molecular flexibility index (Phi) is 5.33. The number of aromatic nitrogens is 3. The number of hydrogen-bond acceptors (Lipinski definition) is 5. The Morgan fingerprint density at radius 1 is 1.54 bits per heavy atom. The molecule has 1 aliphatic rings. The number of carbonyl (C=O) groups excluding carboxylic acids is 1. The Hall–Kier alpha value is -2.72. The minimum Gasteiger partial charge on any atom is -0.390 e. The highest BCUT2D eigenvalue weighted by molar-refractivity contribution is 6.11. The molecule has 1 fully saturated rings.